The number of rotatable bonds is 7. The Kier molecular flexibility index (Phi) is 5.65. The molecule has 1 amide bonds. The van der Waals surface area contributed by atoms with Gasteiger partial charge in [0.05, 0.1) is 12.8 Å². The summed E-state index contributed by atoms with van der Waals surface area (Å²) < 4.78 is 11.4. The van der Waals surface area contributed by atoms with Crippen molar-refractivity contribution in [1.82, 2.24) is 30.7 Å². The number of aromatic nitrogens is 5. The smallest absolute Gasteiger partial charge is 0.294 e. The maximum absolute atomic E-state index is 12.8. The number of nitrogens with one attached hydrogen (secondary N) is 1. The molecule has 31 heavy (non-hydrogen) atoms. The number of ether oxygens (including phenoxy) is 1. The average Bonchev–Trinajstić information content (AvgIpc) is 3.41. The zero-order valence-corrected chi connectivity index (χ0v) is 16.5. The van der Waals surface area contributed by atoms with E-state index in [-0.39, 0.29) is 17.3 Å². The Bertz CT molecular complexity index is 1200. The van der Waals surface area contributed by atoms with E-state index in [9.17, 15) is 4.79 Å². The minimum absolute atomic E-state index is 0.0163. The monoisotopic (exact) mass is 418 g/mol. The Balaban J connectivity index is 1.59. The van der Waals surface area contributed by atoms with Gasteiger partial charge in [-0.25, -0.2) is 10.1 Å². The molecular weight excluding hydrogens is 400 g/mol. The summed E-state index contributed by atoms with van der Waals surface area (Å²) in [5.74, 6) is 0.350. The molecule has 0 radical (unpaired) electrons. The molecule has 0 aliphatic rings. The Labute approximate surface area is 176 Å². The van der Waals surface area contributed by atoms with Crippen LogP contribution < -0.4 is 15.9 Å². The van der Waals surface area contributed by atoms with E-state index in [0.717, 1.165) is 11.3 Å². The van der Waals surface area contributed by atoms with Crippen molar-refractivity contribution in [3.05, 3.63) is 65.9 Å². The molecule has 2 heterocycles. The maximum Gasteiger partial charge on any atom is 0.294 e. The van der Waals surface area contributed by atoms with Crippen LogP contribution in [0.4, 0.5) is 5.82 Å². The van der Waals surface area contributed by atoms with E-state index in [1.54, 1.807) is 12.1 Å². The Morgan fingerprint density at radius 1 is 1.19 bits per heavy atom. The van der Waals surface area contributed by atoms with E-state index in [0.29, 0.717) is 17.9 Å². The fourth-order valence-corrected chi connectivity index (χ4v) is 2.81. The highest BCUT2D eigenvalue weighted by Gasteiger charge is 2.24. The topological polar surface area (TPSA) is 146 Å². The number of carbonyl (C=O) groups is 1. The van der Waals surface area contributed by atoms with Gasteiger partial charge < -0.3 is 10.5 Å². The van der Waals surface area contributed by atoms with Crippen LogP contribution in [0.2, 0.25) is 0 Å². The number of hydrazone groups is 1. The first-order valence-electron chi connectivity index (χ1n) is 9.33. The van der Waals surface area contributed by atoms with Crippen molar-refractivity contribution in [2.24, 2.45) is 5.10 Å². The predicted octanol–water partition coefficient (Wildman–Crippen LogP) is 2.06. The summed E-state index contributed by atoms with van der Waals surface area (Å²) in [6, 6.07) is 16.4. The first-order chi connectivity index (χ1) is 15.2. The maximum atomic E-state index is 12.8. The molecule has 0 aliphatic carbocycles. The Hall–Kier alpha value is -4.54. The van der Waals surface area contributed by atoms with Crippen molar-refractivity contribution in [2.45, 2.75) is 6.92 Å². The van der Waals surface area contributed by atoms with Gasteiger partial charge in [-0.15, -0.1) is 5.10 Å². The van der Waals surface area contributed by atoms with Crippen LogP contribution in [0.3, 0.4) is 0 Å². The minimum Gasteiger partial charge on any atom is -0.494 e. The number of hydrogen-bond acceptors (Lipinski definition) is 9. The van der Waals surface area contributed by atoms with Crippen molar-refractivity contribution in [3.63, 3.8) is 0 Å². The Morgan fingerprint density at radius 3 is 2.65 bits per heavy atom. The van der Waals surface area contributed by atoms with E-state index in [1.807, 2.05) is 49.4 Å². The SMILES string of the molecule is CCOc1ccc(/C=N/NC(=O)c2nnn(-c3nonc3N)c2-c2ccccc2)cc1. The molecular formula is C20H18N8O3. The number of amides is 1. The molecule has 0 saturated heterocycles. The van der Waals surface area contributed by atoms with Crippen molar-refractivity contribution in [3.8, 4) is 22.8 Å². The number of anilines is 1. The summed E-state index contributed by atoms with van der Waals surface area (Å²) in [7, 11) is 0. The summed E-state index contributed by atoms with van der Waals surface area (Å²) in [5, 5.41) is 19.3. The van der Waals surface area contributed by atoms with Crippen LogP contribution in [-0.2, 0) is 0 Å². The van der Waals surface area contributed by atoms with Crippen molar-refractivity contribution >= 4 is 17.9 Å². The van der Waals surface area contributed by atoms with Crippen LogP contribution >= 0.6 is 0 Å². The second kappa shape index (κ2) is 8.86. The van der Waals surface area contributed by atoms with Crippen molar-refractivity contribution < 1.29 is 14.2 Å². The van der Waals surface area contributed by atoms with Crippen LogP contribution in [0.25, 0.3) is 17.1 Å². The van der Waals surface area contributed by atoms with Crippen molar-refractivity contribution in [1.29, 1.82) is 0 Å². The van der Waals surface area contributed by atoms with E-state index < -0.39 is 5.91 Å². The highest BCUT2D eigenvalue weighted by Crippen LogP contribution is 2.26. The summed E-state index contributed by atoms with van der Waals surface area (Å²) in [6.45, 7) is 2.50. The molecule has 0 aliphatic heterocycles. The van der Waals surface area contributed by atoms with Crippen LogP contribution in [0.5, 0.6) is 5.75 Å². The average molecular weight is 418 g/mol. The number of nitrogens with two attached hydrogens (primary N) is 1. The molecule has 4 rings (SSSR count). The number of benzene rings is 2. The van der Waals surface area contributed by atoms with Crippen molar-refractivity contribution in [2.75, 3.05) is 12.3 Å². The molecule has 156 valence electrons. The highest BCUT2D eigenvalue weighted by molar-refractivity contribution is 5.98. The molecule has 2 aromatic carbocycles. The summed E-state index contributed by atoms with van der Waals surface area (Å²) >= 11 is 0. The normalized spacial score (nSPS) is 11.0. The van der Waals surface area contributed by atoms with Gasteiger partial charge in [0.1, 0.15) is 11.4 Å². The molecule has 2 aromatic heterocycles. The van der Waals surface area contributed by atoms with Gasteiger partial charge in [-0.1, -0.05) is 35.5 Å². The molecule has 4 aromatic rings. The van der Waals surface area contributed by atoms with Crippen LogP contribution in [-0.4, -0.2) is 44.0 Å². The van der Waals surface area contributed by atoms with E-state index in [1.165, 1.54) is 10.9 Å². The molecule has 0 fully saturated rings. The zero-order chi connectivity index (χ0) is 21.6. The molecule has 11 heteroatoms. The summed E-state index contributed by atoms with van der Waals surface area (Å²) in [6.07, 6.45) is 1.51. The van der Waals surface area contributed by atoms with E-state index in [2.05, 4.69) is 35.8 Å². The number of hydrogen-bond donors (Lipinski definition) is 2. The largest absolute Gasteiger partial charge is 0.494 e. The van der Waals surface area contributed by atoms with Gasteiger partial charge in [0.2, 0.25) is 11.6 Å². The second-order valence-electron chi connectivity index (χ2n) is 6.24. The van der Waals surface area contributed by atoms with Gasteiger partial charge in [-0.2, -0.15) is 9.78 Å². The lowest BCUT2D eigenvalue weighted by molar-refractivity contribution is 0.0950. The fraction of sp³-hybridized carbons (Fsp3) is 0.100. The summed E-state index contributed by atoms with van der Waals surface area (Å²) in [5.41, 5.74) is 10.1. The highest BCUT2D eigenvalue weighted by atomic mass is 16.6. The minimum atomic E-state index is -0.553. The van der Waals surface area contributed by atoms with E-state index in [4.69, 9.17) is 10.5 Å². The van der Waals surface area contributed by atoms with Gasteiger partial charge in [-0.05, 0) is 47.1 Å². The molecule has 3 N–H and O–H groups in total. The molecule has 0 spiro atoms. The third-order valence-corrected chi connectivity index (χ3v) is 4.20. The van der Waals surface area contributed by atoms with E-state index >= 15 is 0 Å². The van der Waals surface area contributed by atoms with Gasteiger partial charge in [0.15, 0.2) is 5.69 Å². The lowest BCUT2D eigenvalue weighted by Gasteiger charge is -2.05. The lowest BCUT2D eigenvalue weighted by Crippen LogP contribution is -2.19. The van der Waals surface area contributed by atoms with Crippen LogP contribution in [0.15, 0.2) is 64.3 Å². The van der Waals surface area contributed by atoms with Gasteiger partial charge in [0, 0.05) is 5.56 Å². The third-order valence-electron chi connectivity index (χ3n) is 4.20. The first-order valence-corrected chi connectivity index (χ1v) is 9.33. The Morgan fingerprint density at radius 2 is 1.97 bits per heavy atom. The fourth-order valence-electron chi connectivity index (χ4n) is 2.81. The van der Waals surface area contributed by atoms with Gasteiger partial charge in [0.25, 0.3) is 5.91 Å². The quantitative estimate of drug-likeness (QED) is 0.342. The molecule has 0 unspecified atom stereocenters. The number of nitrogen functional groups attached to an aromatic ring is 1. The lowest BCUT2D eigenvalue weighted by atomic mass is 10.1. The molecule has 0 bridgehead atoms. The molecule has 0 saturated carbocycles. The van der Waals surface area contributed by atoms with Crippen LogP contribution in [0, 0.1) is 0 Å². The number of nitrogens with zero attached hydrogens (tertiary/aromatic N) is 6. The van der Waals surface area contributed by atoms with Gasteiger partial charge >= 0.3 is 0 Å². The summed E-state index contributed by atoms with van der Waals surface area (Å²) in [4.78, 5) is 12.8. The first kappa shape index (κ1) is 19.8. The second-order valence-corrected chi connectivity index (χ2v) is 6.24. The molecule has 11 nitrogen and oxygen atoms in total. The zero-order valence-electron chi connectivity index (χ0n) is 16.5. The number of carbonyl (C=O) groups excluding carboxylic acids is 1. The third kappa shape index (κ3) is 4.24. The molecule has 0 atom stereocenters. The predicted molar refractivity (Wildman–Crippen MR) is 112 cm³/mol. The van der Waals surface area contributed by atoms with Gasteiger partial charge in [-0.3, -0.25) is 4.79 Å². The standard InChI is InChI=1S/C20H18N8O3/c1-2-30-15-10-8-13(9-11-15)12-22-24-20(29)16-17(14-6-4-3-5-7-14)28(27-23-16)19-18(21)25-31-26-19/h3-12H,2H2,1H3,(H2,21,25)(H,24,29)/b22-12+. The van der Waals surface area contributed by atoms with Crippen LogP contribution in [0.1, 0.15) is 23.0 Å².